The van der Waals surface area contributed by atoms with Crippen molar-refractivity contribution in [2.45, 2.75) is 20.0 Å². The van der Waals surface area contributed by atoms with Crippen LogP contribution in [0.15, 0.2) is 30.9 Å². The summed E-state index contributed by atoms with van der Waals surface area (Å²) in [6, 6.07) is 5.44. The van der Waals surface area contributed by atoms with Crippen molar-refractivity contribution in [1.29, 1.82) is 0 Å². The normalized spacial score (nSPS) is 9.88. The Balaban J connectivity index is 2.76. The smallest absolute Gasteiger partial charge is 0.161 e. The number of rotatable bonds is 7. The topological polar surface area (TPSA) is 38.7 Å². The van der Waals surface area contributed by atoms with Crippen molar-refractivity contribution in [1.82, 2.24) is 0 Å². The first-order valence-electron chi connectivity index (χ1n) is 5.42. The summed E-state index contributed by atoms with van der Waals surface area (Å²) in [6.07, 6.45) is 2.61. The van der Waals surface area contributed by atoms with Gasteiger partial charge in [0.05, 0.1) is 19.8 Å². The monoisotopic (exact) mass is 222 g/mol. The molecule has 0 aromatic heterocycles. The van der Waals surface area contributed by atoms with E-state index in [0.717, 1.165) is 12.0 Å². The van der Waals surface area contributed by atoms with Gasteiger partial charge in [-0.15, -0.1) is 6.58 Å². The lowest BCUT2D eigenvalue weighted by Gasteiger charge is -2.12. The number of hydrogen-bond acceptors (Lipinski definition) is 3. The second kappa shape index (κ2) is 6.90. The molecule has 0 atom stereocenters. The molecule has 0 aliphatic rings. The van der Waals surface area contributed by atoms with Crippen molar-refractivity contribution in [3.8, 4) is 11.5 Å². The van der Waals surface area contributed by atoms with Crippen LogP contribution in [0.3, 0.4) is 0 Å². The SMILES string of the molecule is C=CCCOc1ccc(CO)cc1OCC. The van der Waals surface area contributed by atoms with Gasteiger partial charge in [-0.2, -0.15) is 0 Å². The summed E-state index contributed by atoms with van der Waals surface area (Å²) in [7, 11) is 0. The molecule has 0 heterocycles. The van der Waals surface area contributed by atoms with Gasteiger partial charge in [0.25, 0.3) is 0 Å². The maximum absolute atomic E-state index is 9.03. The fourth-order valence-corrected chi connectivity index (χ4v) is 1.29. The molecule has 0 saturated carbocycles. The highest BCUT2D eigenvalue weighted by atomic mass is 16.5. The van der Waals surface area contributed by atoms with E-state index in [1.807, 2.05) is 25.1 Å². The molecule has 3 nitrogen and oxygen atoms in total. The minimum absolute atomic E-state index is 0.00696. The Hall–Kier alpha value is -1.48. The van der Waals surface area contributed by atoms with Crippen molar-refractivity contribution in [2.24, 2.45) is 0 Å². The first-order valence-corrected chi connectivity index (χ1v) is 5.42. The molecular formula is C13H18O3. The van der Waals surface area contributed by atoms with E-state index < -0.39 is 0 Å². The minimum Gasteiger partial charge on any atom is -0.490 e. The molecule has 0 spiro atoms. The highest BCUT2D eigenvalue weighted by molar-refractivity contribution is 5.42. The first-order chi connectivity index (χ1) is 7.81. The molecule has 0 bridgehead atoms. The van der Waals surface area contributed by atoms with Gasteiger partial charge in [-0.05, 0) is 31.0 Å². The molecule has 0 amide bonds. The van der Waals surface area contributed by atoms with E-state index in [2.05, 4.69) is 6.58 Å². The summed E-state index contributed by atoms with van der Waals surface area (Å²) in [6.45, 7) is 6.72. The Morgan fingerprint density at radius 2 is 2.12 bits per heavy atom. The van der Waals surface area contributed by atoms with Crippen LogP contribution in [0.5, 0.6) is 11.5 Å². The van der Waals surface area contributed by atoms with Crippen LogP contribution in [0, 0.1) is 0 Å². The Bertz CT molecular complexity index is 334. The summed E-state index contributed by atoms with van der Waals surface area (Å²) >= 11 is 0. The zero-order valence-corrected chi connectivity index (χ0v) is 9.61. The van der Waals surface area contributed by atoms with Crippen molar-refractivity contribution in [3.63, 3.8) is 0 Å². The maximum Gasteiger partial charge on any atom is 0.161 e. The second-order valence-corrected chi connectivity index (χ2v) is 3.30. The zero-order chi connectivity index (χ0) is 11.8. The maximum atomic E-state index is 9.03. The highest BCUT2D eigenvalue weighted by Gasteiger charge is 2.05. The first kappa shape index (κ1) is 12.6. The number of aliphatic hydroxyl groups excluding tert-OH is 1. The van der Waals surface area contributed by atoms with E-state index in [4.69, 9.17) is 14.6 Å². The molecule has 0 saturated heterocycles. The Kier molecular flexibility index (Phi) is 5.43. The van der Waals surface area contributed by atoms with E-state index in [9.17, 15) is 0 Å². The van der Waals surface area contributed by atoms with Crippen molar-refractivity contribution in [3.05, 3.63) is 36.4 Å². The van der Waals surface area contributed by atoms with Gasteiger partial charge in [0.15, 0.2) is 11.5 Å². The number of benzene rings is 1. The lowest BCUT2D eigenvalue weighted by atomic mass is 10.2. The van der Waals surface area contributed by atoms with Crippen molar-refractivity contribution >= 4 is 0 Å². The van der Waals surface area contributed by atoms with Gasteiger partial charge in [-0.1, -0.05) is 12.1 Å². The third-order valence-corrected chi connectivity index (χ3v) is 2.07. The summed E-state index contributed by atoms with van der Waals surface area (Å²) in [5.41, 5.74) is 0.819. The van der Waals surface area contributed by atoms with Gasteiger partial charge in [0.2, 0.25) is 0 Å². The molecule has 0 aliphatic carbocycles. The van der Waals surface area contributed by atoms with Crippen molar-refractivity contribution < 1.29 is 14.6 Å². The average molecular weight is 222 g/mol. The van der Waals surface area contributed by atoms with Gasteiger partial charge < -0.3 is 14.6 Å². The number of ether oxygens (including phenoxy) is 2. The molecule has 0 fully saturated rings. The summed E-state index contributed by atoms with van der Waals surface area (Å²) in [5, 5.41) is 9.03. The van der Waals surface area contributed by atoms with Crippen LogP contribution < -0.4 is 9.47 Å². The van der Waals surface area contributed by atoms with Crippen LogP contribution >= 0.6 is 0 Å². The minimum atomic E-state index is 0.00696. The molecular weight excluding hydrogens is 204 g/mol. The molecule has 16 heavy (non-hydrogen) atoms. The van der Waals surface area contributed by atoms with Gasteiger partial charge in [0, 0.05) is 0 Å². The average Bonchev–Trinajstić information content (AvgIpc) is 2.31. The molecule has 0 radical (unpaired) electrons. The number of hydrogen-bond donors (Lipinski definition) is 1. The molecule has 0 unspecified atom stereocenters. The lowest BCUT2D eigenvalue weighted by Crippen LogP contribution is -2.00. The molecule has 88 valence electrons. The van der Waals surface area contributed by atoms with Gasteiger partial charge >= 0.3 is 0 Å². The highest BCUT2D eigenvalue weighted by Crippen LogP contribution is 2.28. The van der Waals surface area contributed by atoms with Crippen LogP contribution in [0.2, 0.25) is 0 Å². The Labute approximate surface area is 96.3 Å². The van der Waals surface area contributed by atoms with Crippen LogP contribution in [-0.2, 0) is 6.61 Å². The van der Waals surface area contributed by atoms with Crippen LogP contribution in [0.4, 0.5) is 0 Å². The molecule has 3 heteroatoms. The predicted molar refractivity (Wildman–Crippen MR) is 63.8 cm³/mol. The fraction of sp³-hybridized carbons (Fsp3) is 0.385. The second-order valence-electron chi connectivity index (χ2n) is 3.30. The zero-order valence-electron chi connectivity index (χ0n) is 9.61. The molecule has 0 aliphatic heterocycles. The predicted octanol–water partition coefficient (Wildman–Crippen LogP) is 2.53. The van der Waals surface area contributed by atoms with E-state index in [0.29, 0.717) is 24.7 Å². The van der Waals surface area contributed by atoms with Crippen LogP contribution in [-0.4, -0.2) is 18.3 Å². The quantitative estimate of drug-likeness (QED) is 0.569. The molecule has 1 N–H and O–H groups in total. The van der Waals surface area contributed by atoms with Gasteiger partial charge in [-0.25, -0.2) is 0 Å². The van der Waals surface area contributed by atoms with Gasteiger partial charge in [0.1, 0.15) is 0 Å². The summed E-state index contributed by atoms with van der Waals surface area (Å²) in [5.74, 6) is 1.39. The Morgan fingerprint density at radius 3 is 2.75 bits per heavy atom. The van der Waals surface area contributed by atoms with E-state index >= 15 is 0 Å². The molecule has 1 aromatic carbocycles. The van der Waals surface area contributed by atoms with Crippen LogP contribution in [0.1, 0.15) is 18.9 Å². The number of aliphatic hydroxyl groups is 1. The lowest BCUT2D eigenvalue weighted by molar-refractivity contribution is 0.271. The molecule has 1 rings (SSSR count). The van der Waals surface area contributed by atoms with E-state index in [1.54, 1.807) is 6.07 Å². The standard InChI is InChI=1S/C13H18O3/c1-3-5-8-16-12-7-6-11(10-14)9-13(12)15-4-2/h3,6-7,9,14H,1,4-5,8,10H2,2H3. The van der Waals surface area contributed by atoms with Gasteiger partial charge in [-0.3, -0.25) is 0 Å². The third-order valence-electron chi connectivity index (χ3n) is 2.07. The van der Waals surface area contributed by atoms with Crippen molar-refractivity contribution in [2.75, 3.05) is 13.2 Å². The third kappa shape index (κ3) is 3.59. The molecule has 1 aromatic rings. The largest absolute Gasteiger partial charge is 0.490 e. The van der Waals surface area contributed by atoms with E-state index in [1.165, 1.54) is 0 Å². The summed E-state index contributed by atoms with van der Waals surface area (Å²) in [4.78, 5) is 0. The fourth-order valence-electron chi connectivity index (χ4n) is 1.29. The Morgan fingerprint density at radius 1 is 1.31 bits per heavy atom. The van der Waals surface area contributed by atoms with Crippen LogP contribution in [0.25, 0.3) is 0 Å². The summed E-state index contributed by atoms with van der Waals surface area (Å²) < 4.78 is 11.0. The van der Waals surface area contributed by atoms with E-state index in [-0.39, 0.29) is 6.61 Å².